The SMILES string of the molecule is COC(=O)/C(=C/c1ccccc1[N+](=O)[O-])CBr. The molecule has 0 aliphatic rings. The van der Waals surface area contributed by atoms with Crippen LogP contribution in [0.15, 0.2) is 29.8 Å². The van der Waals surface area contributed by atoms with Gasteiger partial charge in [-0.2, -0.15) is 0 Å². The smallest absolute Gasteiger partial charge is 0.334 e. The highest BCUT2D eigenvalue weighted by Crippen LogP contribution is 2.21. The molecule has 6 heteroatoms. The average molecular weight is 300 g/mol. The number of carbonyl (C=O) groups is 1. The third-order valence-corrected chi connectivity index (χ3v) is 2.66. The summed E-state index contributed by atoms with van der Waals surface area (Å²) in [5.41, 5.74) is 0.647. The molecule has 0 unspecified atom stereocenters. The van der Waals surface area contributed by atoms with E-state index in [0.717, 1.165) is 0 Å². The van der Waals surface area contributed by atoms with Gasteiger partial charge < -0.3 is 4.74 Å². The summed E-state index contributed by atoms with van der Waals surface area (Å²) >= 11 is 3.14. The van der Waals surface area contributed by atoms with E-state index in [2.05, 4.69) is 20.7 Å². The van der Waals surface area contributed by atoms with Crippen molar-refractivity contribution in [1.82, 2.24) is 0 Å². The van der Waals surface area contributed by atoms with Crippen LogP contribution < -0.4 is 0 Å². The van der Waals surface area contributed by atoms with Crippen LogP contribution in [0.1, 0.15) is 5.56 Å². The number of rotatable bonds is 4. The van der Waals surface area contributed by atoms with Crippen molar-refractivity contribution >= 4 is 33.7 Å². The van der Waals surface area contributed by atoms with Gasteiger partial charge in [0.2, 0.25) is 0 Å². The number of esters is 1. The van der Waals surface area contributed by atoms with Crippen LogP contribution >= 0.6 is 15.9 Å². The Labute approximate surface area is 106 Å². The number of alkyl halides is 1. The largest absolute Gasteiger partial charge is 0.466 e. The summed E-state index contributed by atoms with van der Waals surface area (Å²) in [6.07, 6.45) is 1.44. The molecule has 0 saturated heterocycles. The van der Waals surface area contributed by atoms with Gasteiger partial charge in [0.15, 0.2) is 0 Å². The van der Waals surface area contributed by atoms with Crippen LogP contribution in [-0.2, 0) is 9.53 Å². The molecule has 0 radical (unpaired) electrons. The topological polar surface area (TPSA) is 69.4 Å². The predicted octanol–water partition coefficient (Wildman–Crippen LogP) is 2.55. The van der Waals surface area contributed by atoms with E-state index in [4.69, 9.17) is 0 Å². The van der Waals surface area contributed by atoms with Crippen LogP contribution in [0.25, 0.3) is 6.08 Å². The maximum atomic E-state index is 11.3. The summed E-state index contributed by atoms with van der Waals surface area (Å²) in [4.78, 5) is 21.6. The lowest BCUT2D eigenvalue weighted by atomic mass is 10.1. The number of nitro benzene ring substituents is 1. The quantitative estimate of drug-likeness (QED) is 0.282. The maximum Gasteiger partial charge on any atom is 0.334 e. The van der Waals surface area contributed by atoms with Gasteiger partial charge in [-0.15, -0.1) is 0 Å². The van der Waals surface area contributed by atoms with E-state index in [1.165, 1.54) is 19.3 Å². The van der Waals surface area contributed by atoms with Gasteiger partial charge in [-0.3, -0.25) is 10.1 Å². The Morgan fingerprint density at radius 3 is 2.71 bits per heavy atom. The second-order valence-corrected chi connectivity index (χ2v) is 3.67. The van der Waals surface area contributed by atoms with Crippen molar-refractivity contribution in [1.29, 1.82) is 0 Å². The van der Waals surface area contributed by atoms with Gasteiger partial charge in [-0.1, -0.05) is 28.1 Å². The molecular weight excluding hydrogens is 290 g/mol. The lowest BCUT2D eigenvalue weighted by Crippen LogP contribution is -2.05. The average Bonchev–Trinajstić information content (AvgIpc) is 2.35. The first-order chi connectivity index (χ1) is 8.10. The van der Waals surface area contributed by atoms with Crippen molar-refractivity contribution in [2.75, 3.05) is 12.4 Å². The maximum absolute atomic E-state index is 11.3. The molecule has 90 valence electrons. The third-order valence-electron chi connectivity index (χ3n) is 2.05. The van der Waals surface area contributed by atoms with Gasteiger partial charge in [0, 0.05) is 17.0 Å². The van der Waals surface area contributed by atoms with Crippen LogP contribution in [0.3, 0.4) is 0 Å². The summed E-state index contributed by atoms with van der Waals surface area (Å²) in [7, 11) is 1.26. The Morgan fingerprint density at radius 1 is 1.53 bits per heavy atom. The monoisotopic (exact) mass is 299 g/mol. The van der Waals surface area contributed by atoms with Crippen molar-refractivity contribution in [2.45, 2.75) is 0 Å². The van der Waals surface area contributed by atoms with Crippen molar-refractivity contribution in [3.8, 4) is 0 Å². The molecule has 0 amide bonds. The number of nitrogens with zero attached hydrogens (tertiary/aromatic N) is 1. The fraction of sp³-hybridized carbons (Fsp3) is 0.182. The lowest BCUT2D eigenvalue weighted by Gasteiger charge is -2.02. The molecule has 0 bridgehead atoms. The van der Waals surface area contributed by atoms with Crippen LogP contribution in [0.5, 0.6) is 0 Å². The van der Waals surface area contributed by atoms with E-state index >= 15 is 0 Å². The summed E-state index contributed by atoms with van der Waals surface area (Å²) in [5.74, 6) is -0.514. The van der Waals surface area contributed by atoms with E-state index in [1.54, 1.807) is 18.2 Å². The third kappa shape index (κ3) is 3.39. The van der Waals surface area contributed by atoms with Crippen LogP contribution in [0, 0.1) is 10.1 Å². The number of para-hydroxylation sites is 1. The summed E-state index contributed by atoms with van der Waals surface area (Å²) in [5, 5.41) is 11.0. The highest BCUT2D eigenvalue weighted by Gasteiger charge is 2.14. The van der Waals surface area contributed by atoms with Crippen molar-refractivity contribution in [3.05, 3.63) is 45.5 Å². The van der Waals surface area contributed by atoms with Gasteiger partial charge in [0.25, 0.3) is 5.69 Å². The zero-order valence-electron chi connectivity index (χ0n) is 9.05. The number of ether oxygens (including phenoxy) is 1. The fourth-order valence-electron chi connectivity index (χ4n) is 1.25. The van der Waals surface area contributed by atoms with E-state index in [9.17, 15) is 14.9 Å². The number of hydrogen-bond acceptors (Lipinski definition) is 4. The highest BCUT2D eigenvalue weighted by atomic mass is 79.9. The van der Waals surface area contributed by atoms with E-state index in [1.807, 2.05) is 0 Å². The number of methoxy groups -OCH3 is 1. The van der Waals surface area contributed by atoms with Crippen LogP contribution in [-0.4, -0.2) is 23.3 Å². The molecule has 0 spiro atoms. The Morgan fingerprint density at radius 2 is 2.18 bits per heavy atom. The first kappa shape index (κ1) is 13.4. The lowest BCUT2D eigenvalue weighted by molar-refractivity contribution is -0.385. The van der Waals surface area contributed by atoms with Crippen LogP contribution in [0.4, 0.5) is 5.69 Å². The summed E-state index contributed by atoms with van der Waals surface area (Å²) in [6.45, 7) is 0. The van der Waals surface area contributed by atoms with Crippen molar-refractivity contribution in [3.63, 3.8) is 0 Å². The molecular formula is C11H10BrNO4. The van der Waals surface area contributed by atoms with Gasteiger partial charge in [-0.05, 0) is 12.1 Å². The summed E-state index contributed by atoms with van der Waals surface area (Å²) < 4.78 is 4.57. The highest BCUT2D eigenvalue weighted by molar-refractivity contribution is 9.09. The first-order valence-corrected chi connectivity index (χ1v) is 5.80. The number of benzene rings is 1. The molecule has 0 saturated carbocycles. The molecule has 0 aliphatic carbocycles. The van der Waals surface area contributed by atoms with Gasteiger partial charge >= 0.3 is 5.97 Å². The second-order valence-electron chi connectivity index (χ2n) is 3.11. The number of halogens is 1. The Balaban J connectivity index is 3.20. The zero-order chi connectivity index (χ0) is 12.8. The molecule has 5 nitrogen and oxygen atoms in total. The Bertz CT molecular complexity index is 470. The standard InChI is InChI=1S/C11H10BrNO4/c1-17-11(14)9(7-12)6-8-4-2-3-5-10(8)13(15)16/h2-6H,7H2,1H3/b9-6+. The molecule has 17 heavy (non-hydrogen) atoms. The zero-order valence-corrected chi connectivity index (χ0v) is 10.6. The normalized spacial score (nSPS) is 11.1. The van der Waals surface area contributed by atoms with E-state index in [-0.39, 0.29) is 11.0 Å². The molecule has 0 aliphatic heterocycles. The molecule has 1 aromatic rings. The fourth-order valence-corrected chi connectivity index (χ4v) is 1.64. The molecule has 0 atom stereocenters. The predicted molar refractivity (Wildman–Crippen MR) is 66.9 cm³/mol. The Kier molecular flexibility index (Phi) is 4.84. The first-order valence-electron chi connectivity index (χ1n) is 4.68. The molecule has 0 fully saturated rings. The van der Waals surface area contributed by atoms with Gasteiger partial charge in [0.1, 0.15) is 0 Å². The van der Waals surface area contributed by atoms with E-state index in [0.29, 0.717) is 11.1 Å². The second kappa shape index (κ2) is 6.15. The number of nitro groups is 1. The van der Waals surface area contributed by atoms with E-state index < -0.39 is 10.9 Å². The number of hydrogen-bond donors (Lipinski definition) is 0. The van der Waals surface area contributed by atoms with Crippen LogP contribution in [0.2, 0.25) is 0 Å². The molecule has 0 N–H and O–H groups in total. The Hall–Kier alpha value is -1.69. The van der Waals surface area contributed by atoms with Crippen molar-refractivity contribution in [2.24, 2.45) is 0 Å². The summed E-state index contributed by atoms with van der Waals surface area (Å²) in [6, 6.07) is 6.20. The minimum Gasteiger partial charge on any atom is -0.466 e. The van der Waals surface area contributed by atoms with Crippen molar-refractivity contribution < 1.29 is 14.5 Å². The molecule has 1 rings (SSSR count). The minimum absolute atomic E-state index is 0.0464. The molecule has 0 aromatic heterocycles. The minimum atomic E-state index is -0.514. The number of carbonyl (C=O) groups excluding carboxylic acids is 1. The van der Waals surface area contributed by atoms with Gasteiger partial charge in [-0.25, -0.2) is 4.79 Å². The van der Waals surface area contributed by atoms with Gasteiger partial charge in [0.05, 0.1) is 17.6 Å². The molecule has 0 heterocycles. The molecule has 1 aromatic carbocycles.